The van der Waals surface area contributed by atoms with Gasteiger partial charge in [-0.05, 0) is 49.4 Å². The fraction of sp³-hybridized carbons (Fsp3) is 0.385. The molecule has 0 amide bonds. The molecular formula is C26H27FNNaO4S. The Labute approximate surface area is 224 Å². The summed E-state index contributed by atoms with van der Waals surface area (Å²) in [6.45, 7) is 4.20. The summed E-state index contributed by atoms with van der Waals surface area (Å²) in [5.74, 6) is -1.33. The number of fused-ring (bicyclic) bond motifs is 1. The van der Waals surface area contributed by atoms with Gasteiger partial charge in [0.25, 0.3) is 0 Å². The van der Waals surface area contributed by atoms with Gasteiger partial charge in [0.2, 0.25) is 0 Å². The number of carbonyl (C=O) groups is 1. The molecule has 2 N–H and O–H groups in total. The Kier molecular flexibility index (Phi) is 9.06. The zero-order valence-corrected chi connectivity index (χ0v) is 22.5. The fourth-order valence-electron chi connectivity index (χ4n) is 4.35. The Morgan fingerprint density at radius 1 is 1.29 bits per heavy atom. The van der Waals surface area contributed by atoms with E-state index in [1.807, 2.05) is 6.08 Å². The Morgan fingerprint density at radius 2 is 1.97 bits per heavy atom. The van der Waals surface area contributed by atoms with E-state index in [0.29, 0.717) is 5.92 Å². The molecule has 0 bridgehead atoms. The quantitative estimate of drug-likeness (QED) is 0.438. The topological polar surface area (TPSA) is 93.5 Å². The molecule has 0 aliphatic heterocycles. The van der Waals surface area contributed by atoms with Gasteiger partial charge in [-0.3, -0.25) is 0 Å². The number of carbonyl (C=O) groups excluding carboxylic acids is 1. The maximum Gasteiger partial charge on any atom is 1.00 e. The molecule has 1 saturated carbocycles. The van der Waals surface area contributed by atoms with Gasteiger partial charge in [0, 0.05) is 46.1 Å². The molecule has 0 radical (unpaired) electrons. The molecule has 1 fully saturated rings. The molecule has 8 heteroatoms. The van der Waals surface area contributed by atoms with Crippen LogP contribution in [0.2, 0.25) is 0 Å². The first-order valence-electron chi connectivity index (χ1n) is 11.2. The molecule has 0 saturated heterocycles. The smallest absolute Gasteiger partial charge is 0.550 e. The number of pyridine rings is 1. The molecule has 4 rings (SSSR count). The number of hydrogen-bond donors (Lipinski definition) is 2. The number of halogens is 1. The number of thiophene rings is 1. The zero-order valence-electron chi connectivity index (χ0n) is 19.7. The number of nitrogens with zero attached hydrogens (tertiary/aromatic N) is 1. The van der Waals surface area contributed by atoms with Gasteiger partial charge in [0.05, 0.1) is 17.9 Å². The summed E-state index contributed by atoms with van der Waals surface area (Å²) < 4.78 is 13.7. The van der Waals surface area contributed by atoms with Crippen molar-refractivity contribution in [1.82, 2.24) is 4.98 Å². The molecule has 2 atom stereocenters. The predicted octanol–water partition coefficient (Wildman–Crippen LogP) is 1.12. The van der Waals surface area contributed by atoms with E-state index in [1.54, 1.807) is 29.5 Å². The number of benzene rings is 1. The van der Waals surface area contributed by atoms with Crippen LogP contribution in [0.5, 0.6) is 0 Å². The fourth-order valence-corrected chi connectivity index (χ4v) is 5.48. The van der Waals surface area contributed by atoms with Gasteiger partial charge in [-0.2, -0.15) is 0 Å². The van der Waals surface area contributed by atoms with Crippen LogP contribution in [0.25, 0.3) is 27.4 Å². The van der Waals surface area contributed by atoms with Crippen LogP contribution in [-0.2, 0) is 11.2 Å². The summed E-state index contributed by atoms with van der Waals surface area (Å²) in [6, 6.07) is 6.43. The van der Waals surface area contributed by atoms with Crippen molar-refractivity contribution in [2.24, 2.45) is 0 Å². The Bertz CT molecular complexity index is 1200. The van der Waals surface area contributed by atoms with Crippen LogP contribution in [0.3, 0.4) is 0 Å². The van der Waals surface area contributed by atoms with E-state index in [4.69, 9.17) is 4.98 Å². The van der Waals surface area contributed by atoms with Gasteiger partial charge >= 0.3 is 29.6 Å². The first kappa shape index (κ1) is 27.0. The van der Waals surface area contributed by atoms with E-state index < -0.39 is 24.6 Å². The number of aromatic nitrogens is 1. The van der Waals surface area contributed by atoms with Crippen LogP contribution in [0.1, 0.15) is 60.2 Å². The normalized spacial score (nSPS) is 15.4. The largest absolute Gasteiger partial charge is 1.00 e. The minimum Gasteiger partial charge on any atom is -0.550 e. The van der Waals surface area contributed by atoms with Crippen molar-refractivity contribution in [2.45, 2.75) is 64.1 Å². The molecule has 0 spiro atoms. The van der Waals surface area contributed by atoms with E-state index in [-0.39, 0.29) is 41.8 Å². The summed E-state index contributed by atoms with van der Waals surface area (Å²) in [5, 5.41) is 32.0. The molecule has 1 aliphatic rings. The van der Waals surface area contributed by atoms with Crippen molar-refractivity contribution in [3.63, 3.8) is 0 Å². The van der Waals surface area contributed by atoms with Gasteiger partial charge in [-0.15, -0.1) is 11.3 Å². The van der Waals surface area contributed by atoms with Gasteiger partial charge in [0.15, 0.2) is 0 Å². The summed E-state index contributed by atoms with van der Waals surface area (Å²) in [5.41, 5.74) is 4.91. The molecule has 2 aromatic heterocycles. The average molecular weight is 492 g/mol. The number of hydrogen-bond acceptors (Lipinski definition) is 6. The van der Waals surface area contributed by atoms with E-state index in [9.17, 15) is 24.5 Å². The predicted molar refractivity (Wildman–Crippen MR) is 126 cm³/mol. The molecule has 174 valence electrons. The average Bonchev–Trinajstić information content (AvgIpc) is 3.54. The molecular weight excluding hydrogens is 464 g/mol. The maximum absolute atomic E-state index is 13.7. The van der Waals surface area contributed by atoms with Crippen LogP contribution in [0, 0.1) is 12.7 Å². The number of carboxylic acids is 1. The van der Waals surface area contributed by atoms with E-state index in [0.717, 1.165) is 51.9 Å². The SMILES string of the molecule is CCc1c(C)sc2nc(C3CC3)c(/C=C/[C@@H](O)C[C@@H](O)CC(=O)[O-])c(-c3ccc(F)cc3)c12.[Na+]. The monoisotopic (exact) mass is 491 g/mol. The van der Waals surface area contributed by atoms with Crippen LogP contribution in [-0.4, -0.2) is 33.4 Å². The number of rotatable bonds is 9. The molecule has 2 heterocycles. The summed E-state index contributed by atoms with van der Waals surface area (Å²) in [7, 11) is 0. The Hall–Kier alpha value is -1.61. The zero-order chi connectivity index (χ0) is 23.7. The van der Waals surface area contributed by atoms with Crippen molar-refractivity contribution in [2.75, 3.05) is 0 Å². The van der Waals surface area contributed by atoms with Gasteiger partial charge in [-0.1, -0.05) is 31.2 Å². The number of aliphatic hydroxyl groups is 2. The van der Waals surface area contributed by atoms with E-state index in [1.165, 1.54) is 22.6 Å². The standard InChI is InChI=1S/C26H28FNO4S.Na/c1-3-20-14(2)33-26-24(20)23(15-6-8-17(27)9-7-15)21(25(28-26)16-4-5-16)11-10-18(29)12-19(30)13-22(31)32;/h6-11,16,18-19,29-30H,3-5,12-13H2,1-2H3,(H,31,32);/q;+1/p-1/b11-10+;/t18-,19-;/m1./s1. The van der Waals surface area contributed by atoms with Crippen LogP contribution in [0.4, 0.5) is 4.39 Å². The maximum atomic E-state index is 13.7. The molecule has 1 aliphatic carbocycles. The minimum absolute atomic E-state index is 0. The summed E-state index contributed by atoms with van der Waals surface area (Å²) >= 11 is 1.67. The number of aryl methyl sites for hydroxylation is 2. The van der Waals surface area contributed by atoms with Crippen molar-refractivity contribution in [3.05, 3.63) is 57.9 Å². The Morgan fingerprint density at radius 3 is 2.56 bits per heavy atom. The number of aliphatic carboxylic acids is 1. The van der Waals surface area contributed by atoms with E-state index in [2.05, 4.69) is 13.8 Å². The van der Waals surface area contributed by atoms with Crippen molar-refractivity contribution in [3.8, 4) is 11.1 Å². The second-order valence-electron chi connectivity index (χ2n) is 8.63. The second-order valence-corrected chi connectivity index (χ2v) is 9.83. The third-order valence-corrected chi connectivity index (χ3v) is 7.10. The molecule has 3 aromatic rings. The van der Waals surface area contributed by atoms with Crippen molar-refractivity contribution < 1.29 is 54.1 Å². The van der Waals surface area contributed by atoms with Crippen LogP contribution in [0.15, 0.2) is 30.3 Å². The third-order valence-electron chi connectivity index (χ3n) is 6.06. The van der Waals surface area contributed by atoms with Gasteiger partial charge in [0.1, 0.15) is 10.6 Å². The van der Waals surface area contributed by atoms with Crippen LogP contribution >= 0.6 is 11.3 Å². The first-order chi connectivity index (χ1) is 15.8. The van der Waals surface area contributed by atoms with Gasteiger partial charge < -0.3 is 20.1 Å². The molecule has 1 aromatic carbocycles. The van der Waals surface area contributed by atoms with E-state index >= 15 is 0 Å². The second kappa shape index (κ2) is 11.4. The van der Waals surface area contributed by atoms with Crippen molar-refractivity contribution in [1.29, 1.82) is 0 Å². The van der Waals surface area contributed by atoms with Crippen molar-refractivity contribution >= 4 is 33.6 Å². The Balaban J connectivity index is 0.00000324. The first-order valence-corrected chi connectivity index (χ1v) is 12.1. The summed E-state index contributed by atoms with van der Waals surface area (Å²) in [4.78, 5) is 17.9. The van der Waals surface area contributed by atoms with Gasteiger partial charge in [-0.25, -0.2) is 9.37 Å². The summed E-state index contributed by atoms with van der Waals surface area (Å²) in [6.07, 6.45) is 3.46. The third kappa shape index (κ3) is 5.96. The number of aliphatic hydroxyl groups excluding tert-OH is 2. The molecule has 0 unspecified atom stereocenters. The van der Waals surface area contributed by atoms with Crippen LogP contribution < -0.4 is 34.7 Å². The number of carboxylic acid groups (broad SMARTS) is 1. The molecule has 34 heavy (non-hydrogen) atoms. The minimum atomic E-state index is -1.36. The molecule has 5 nitrogen and oxygen atoms in total.